The first-order chi connectivity index (χ1) is 15.6. The summed E-state index contributed by atoms with van der Waals surface area (Å²) >= 11 is 0. The van der Waals surface area contributed by atoms with E-state index in [0.29, 0.717) is 5.57 Å². The maximum atomic E-state index is 13.9. The van der Waals surface area contributed by atoms with E-state index in [1.807, 2.05) is 24.3 Å². The van der Waals surface area contributed by atoms with Crippen LogP contribution in [0.4, 0.5) is 24.5 Å². The Labute approximate surface area is 204 Å². The van der Waals surface area contributed by atoms with Gasteiger partial charge in [0.05, 0.1) is 5.56 Å². The van der Waals surface area contributed by atoms with E-state index in [1.165, 1.54) is 19.1 Å². The van der Waals surface area contributed by atoms with Gasteiger partial charge >= 0.3 is 6.18 Å². The van der Waals surface area contributed by atoms with E-state index in [-0.39, 0.29) is 29.5 Å². The van der Waals surface area contributed by atoms with E-state index in [2.05, 4.69) is 32.5 Å². The number of anilines is 2. The summed E-state index contributed by atoms with van der Waals surface area (Å²) in [5.74, 6) is 0.282. The number of aliphatic imine (C=N–C) groups is 1. The van der Waals surface area contributed by atoms with Crippen molar-refractivity contribution in [2.24, 2.45) is 10.7 Å². The monoisotopic (exact) mass is 494 g/mol. The molecule has 6 nitrogen and oxygen atoms in total. The normalized spacial score (nSPS) is 21.2. The molecule has 0 aromatic heterocycles. The van der Waals surface area contributed by atoms with Gasteiger partial charge in [0.15, 0.2) is 5.66 Å². The van der Waals surface area contributed by atoms with Crippen molar-refractivity contribution in [2.75, 3.05) is 43.4 Å². The zero-order valence-electron chi connectivity index (χ0n) is 19.4. The molecule has 0 bridgehead atoms. The second kappa shape index (κ2) is 9.85. The highest BCUT2D eigenvalue weighted by atomic mass is 35.5. The zero-order valence-corrected chi connectivity index (χ0v) is 20.2. The van der Waals surface area contributed by atoms with E-state index in [0.717, 1.165) is 37.6 Å². The average Bonchev–Trinajstić information content (AvgIpc) is 2.76. The summed E-state index contributed by atoms with van der Waals surface area (Å²) in [6.07, 6.45) is -2.95. The molecule has 2 aliphatic rings. The minimum atomic E-state index is -4.54. The molecule has 2 aromatic rings. The molecule has 0 amide bonds. The quantitative estimate of drug-likeness (QED) is 0.594. The number of likely N-dealkylation sites (N-methyl/N-ethyl adjacent to an activating group) is 1. The van der Waals surface area contributed by atoms with Gasteiger partial charge in [0.25, 0.3) is 0 Å². The van der Waals surface area contributed by atoms with Crippen LogP contribution in [0.2, 0.25) is 0 Å². The molecule has 2 heterocycles. The first-order valence-electron chi connectivity index (χ1n) is 10.9. The number of rotatable bonds is 3. The number of nitrogens with two attached hydrogens (primary N) is 1. The van der Waals surface area contributed by atoms with Crippen molar-refractivity contribution >= 4 is 29.7 Å². The topological polar surface area (TPSA) is 68.9 Å². The Morgan fingerprint density at radius 2 is 1.68 bits per heavy atom. The van der Waals surface area contributed by atoms with Crippen molar-refractivity contribution in [1.29, 1.82) is 0 Å². The molecule has 1 atom stereocenters. The molecule has 0 spiro atoms. The van der Waals surface area contributed by atoms with Crippen LogP contribution in [0.5, 0.6) is 0 Å². The third kappa shape index (κ3) is 5.16. The van der Waals surface area contributed by atoms with E-state index in [1.54, 1.807) is 19.2 Å². The summed E-state index contributed by atoms with van der Waals surface area (Å²) < 4.78 is 41.6. The van der Waals surface area contributed by atoms with E-state index >= 15 is 0 Å². The summed E-state index contributed by atoms with van der Waals surface area (Å²) in [5, 5.41) is 6.14. The fourth-order valence-corrected chi connectivity index (χ4v) is 4.24. The van der Waals surface area contributed by atoms with Crippen molar-refractivity contribution in [1.82, 2.24) is 10.2 Å². The van der Waals surface area contributed by atoms with Gasteiger partial charge in [-0.15, -0.1) is 12.4 Å². The highest BCUT2D eigenvalue weighted by molar-refractivity contribution is 5.95. The van der Waals surface area contributed by atoms with Crippen molar-refractivity contribution < 1.29 is 13.2 Å². The molecule has 2 aliphatic heterocycles. The molecule has 4 N–H and O–H groups in total. The molecule has 0 aliphatic carbocycles. The smallest absolute Gasteiger partial charge is 0.369 e. The largest absolute Gasteiger partial charge is 0.417 e. The third-order valence-corrected chi connectivity index (χ3v) is 6.28. The number of piperazine rings is 1. The molecule has 34 heavy (non-hydrogen) atoms. The number of benzene rings is 2. The van der Waals surface area contributed by atoms with Crippen LogP contribution in [0, 0.1) is 6.92 Å². The summed E-state index contributed by atoms with van der Waals surface area (Å²) in [7, 11) is 2.12. The summed E-state index contributed by atoms with van der Waals surface area (Å²) in [4.78, 5) is 9.11. The molecule has 0 radical (unpaired) electrons. The summed E-state index contributed by atoms with van der Waals surface area (Å²) in [6, 6.07) is 12.3. The van der Waals surface area contributed by atoms with Crippen molar-refractivity contribution in [3.05, 3.63) is 70.9 Å². The number of guanidine groups is 1. The van der Waals surface area contributed by atoms with E-state index in [4.69, 9.17) is 5.73 Å². The molecular formula is C24H30ClF3N6. The number of nitrogens with zero attached hydrogens (tertiary/aromatic N) is 3. The van der Waals surface area contributed by atoms with Crippen molar-refractivity contribution in [3.8, 4) is 0 Å². The van der Waals surface area contributed by atoms with Crippen molar-refractivity contribution in [2.45, 2.75) is 25.7 Å². The Morgan fingerprint density at radius 3 is 2.29 bits per heavy atom. The highest BCUT2D eigenvalue weighted by Crippen LogP contribution is 2.41. The lowest BCUT2D eigenvalue weighted by atomic mass is 9.87. The second-order valence-corrected chi connectivity index (χ2v) is 8.66. The first-order valence-corrected chi connectivity index (χ1v) is 10.9. The average molecular weight is 495 g/mol. The molecule has 4 rings (SSSR count). The van der Waals surface area contributed by atoms with Gasteiger partial charge < -0.3 is 20.4 Å². The Morgan fingerprint density at radius 1 is 1.03 bits per heavy atom. The molecule has 2 aromatic carbocycles. The standard InChI is InChI=1S/C24H29F3N6.ClH/c1-16-5-4-6-20(21(16)24(25,26)27)23(28)17(2)15-29-22(31-23)30-18-7-9-19(10-8-18)33-13-11-32(3)12-14-33;/h4-10,15H,11-14,28H2,1-3H3,(H2,29,30,31);1H. The Bertz CT molecular complexity index is 1080. The van der Waals surface area contributed by atoms with Crippen LogP contribution in [0.25, 0.3) is 0 Å². The van der Waals surface area contributed by atoms with Crippen LogP contribution in [0.3, 0.4) is 0 Å². The van der Waals surface area contributed by atoms with E-state index < -0.39 is 17.4 Å². The van der Waals surface area contributed by atoms with Crippen LogP contribution < -0.4 is 21.3 Å². The first kappa shape index (κ1) is 25.9. The molecule has 1 saturated heterocycles. The molecule has 10 heteroatoms. The van der Waals surface area contributed by atoms with Crippen LogP contribution in [0.15, 0.2) is 59.2 Å². The van der Waals surface area contributed by atoms with Crippen LogP contribution >= 0.6 is 12.4 Å². The SMILES string of the molecule is CC1=CNC(Nc2ccc(N3CCN(C)CC3)cc2)=NC1(N)c1cccc(C)c1C(F)(F)F.Cl. The van der Waals surface area contributed by atoms with Gasteiger partial charge in [-0.2, -0.15) is 13.2 Å². The molecule has 184 valence electrons. The molecular weight excluding hydrogens is 465 g/mol. The minimum Gasteiger partial charge on any atom is -0.369 e. The van der Waals surface area contributed by atoms with E-state index in [9.17, 15) is 13.2 Å². The lowest BCUT2D eigenvalue weighted by Gasteiger charge is -2.34. The number of nitrogens with one attached hydrogen (secondary N) is 2. The molecule has 1 fully saturated rings. The summed E-state index contributed by atoms with van der Waals surface area (Å²) in [5.41, 5.74) is 6.53. The summed E-state index contributed by atoms with van der Waals surface area (Å²) in [6.45, 7) is 7.07. The second-order valence-electron chi connectivity index (χ2n) is 8.66. The number of hydrogen-bond donors (Lipinski definition) is 3. The van der Waals surface area contributed by atoms with Gasteiger partial charge in [-0.25, -0.2) is 4.99 Å². The fourth-order valence-electron chi connectivity index (χ4n) is 4.24. The van der Waals surface area contributed by atoms with Gasteiger partial charge in [-0.05, 0) is 56.3 Å². The van der Waals surface area contributed by atoms with Crippen molar-refractivity contribution in [3.63, 3.8) is 0 Å². The fraction of sp³-hybridized carbons (Fsp3) is 0.375. The lowest BCUT2D eigenvalue weighted by molar-refractivity contribution is -0.139. The maximum Gasteiger partial charge on any atom is 0.417 e. The Hall–Kier alpha value is -2.75. The Balaban J connectivity index is 0.00000324. The van der Waals surface area contributed by atoms with Gasteiger partial charge in [0, 0.05) is 49.3 Å². The predicted molar refractivity (Wildman–Crippen MR) is 133 cm³/mol. The van der Waals surface area contributed by atoms with Gasteiger partial charge in [0.1, 0.15) is 0 Å². The number of halogens is 4. The minimum absolute atomic E-state index is 0. The van der Waals surface area contributed by atoms with Gasteiger partial charge in [-0.1, -0.05) is 18.2 Å². The molecule has 1 unspecified atom stereocenters. The number of aryl methyl sites for hydroxylation is 1. The van der Waals surface area contributed by atoms with Crippen LogP contribution in [-0.2, 0) is 11.8 Å². The van der Waals surface area contributed by atoms with Gasteiger partial charge in [-0.3, -0.25) is 5.73 Å². The van der Waals surface area contributed by atoms with Crippen LogP contribution in [0.1, 0.15) is 23.6 Å². The molecule has 0 saturated carbocycles. The maximum absolute atomic E-state index is 13.9. The third-order valence-electron chi connectivity index (χ3n) is 6.28. The number of alkyl halides is 3. The number of hydrogen-bond acceptors (Lipinski definition) is 6. The van der Waals surface area contributed by atoms with Crippen LogP contribution in [-0.4, -0.2) is 44.1 Å². The Kier molecular flexibility index (Phi) is 7.50. The van der Waals surface area contributed by atoms with Gasteiger partial charge in [0.2, 0.25) is 5.96 Å². The predicted octanol–water partition coefficient (Wildman–Crippen LogP) is 4.27. The lowest BCUT2D eigenvalue weighted by Crippen LogP contribution is -2.46. The zero-order chi connectivity index (χ0) is 23.8. The highest BCUT2D eigenvalue weighted by Gasteiger charge is 2.43.